The molecular weight excluding hydrogens is 1470 g/mol. The highest BCUT2D eigenvalue weighted by Gasteiger charge is 2.61. The Hall–Kier alpha value is -12.9. The van der Waals surface area contributed by atoms with Crippen LogP contribution in [0.2, 0.25) is 0 Å². The van der Waals surface area contributed by atoms with Crippen molar-refractivity contribution in [2.75, 3.05) is 26.9 Å². The Morgan fingerprint density at radius 3 is 0.728 bits per heavy atom. The molecular formula is C89H76O25. The van der Waals surface area contributed by atoms with Gasteiger partial charge in [-0.05, 0) is 115 Å². The summed E-state index contributed by atoms with van der Waals surface area (Å²) in [5, 5.41) is 0. The van der Waals surface area contributed by atoms with Crippen molar-refractivity contribution in [3.05, 3.63) is 359 Å². The van der Waals surface area contributed by atoms with Gasteiger partial charge >= 0.3 is 53.7 Å². The van der Waals surface area contributed by atoms with Gasteiger partial charge < -0.3 is 75.8 Å². The number of benzene rings is 10. The van der Waals surface area contributed by atoms with Gasteiger partial charge in [-0.15, -0.1) is 0 Å². The predicted molar refractivity (Wildman–Crippen MR) is 402 cm³/mol. The summed E-state index contributed by atoms with van der Waals surface area (Å²) in [7, 11) is 1.27. The van der Waals surface area contributed by atoms with Gasteiger partial charge in [0.15, 0.2) is 55.5 Å². The van der Waals surface area contributed by atoms with Gasteiger partial charge in [0, 0.05) is 7.11 Å². The minimum Gasteiger partial charge on any atom is -0.459 e. The van der Waals surface area contributed by atoms with Gasteiger partial charge in [0.05, 0.1) is 56.7 Å². The summed E-state index contributed by atoms with van der Waals surface area (Å²) in [6.07, 6.45) is -29.0. The maximum atomic E-state index is 15.2. The summed E-state index contributed by atoms with van der Waals surface area (Å²) in [6, 6.07) is 78.3. The van der Waals surface area contributed by atoms with Crippen LogP contribution in [0.25, 0.3) is 0 Å². The molecule has 13 rings (SSSR count). The van der Waals surface area contributed by atoms with E-state index in [0.29, 0.717) is 5.56 Å². The van der Waals surface area contributed by atoms with Crippen LogP contribution in [0.5, 0.6) is 0 Å². The second-order valence-electron chi connectivity index (χ2n) is 26.1. The van der Waals surface area contributed by atoms with Crippen LogP contribution in [0, 0.1) is 0 Å². The molecule has 3 aliphatic heterocycles. The molecule has 0 bridgehead atoms. The molecule has 114 heavy (non-hydrogen) atoms. The smallest absolute Gasteiger partial charge is 0.338 e. The third-order valence-corrected chi connectivity index (χ3v) is 18.6. The van der Waals surface area contributed by atoms with Crippen LogP contribution in [-0.4, -0.2) is 173 Å². The molecule has 0 saturated carbocycles. The van der Waals surface area contributed by atoms with Crippen molar-refractivity contribution in [1.82, 2.24) is 0 Å². The molecule has 25 heteroatoms. The number of hydrogen-bond donors (Lipinski definition) is 0. The van der Waals surface area contributed by atoms with Gasteiger partial charge in [0.25, 0.3) is 0 Å². The Morgan fingerprint density at radius 1 is 0.237 bits per heavy atom. The standard InChI is InChI=1S/C89H76O25/c1-99-87-75(100-52-56-32-12-2-13-33-56)72(114-89-77(112-86(98)65-50-30-11-31-51-65)74(110-84(96)63-46-26-9-27-47-63)70(108-82(94)61-42-22-7-23-43-61)67(106-89)54-102-79(91)58-36-16-4-17-37-58)71(68(104-87)55-103-80(92)59-38-18-5-19-39-59)113-88-76(111-85(97)64-48-28-10-29-49-64)73(109-83(95)62-44-24-8-25-45-62)69(107-81(93)60-40-20-6-21-41-60)66(105-88)53-101-78(90)57-34-14-3-15-35-57/h2-51,66-77,87-89H,52-55H2,1H3/t66-,67-,68-,69-,70-,71-,72+,73+,74+,75-,76-,77-,87+,88+,89+/m1/s1. The van der Waals surface area contributed by atoms with Crippen molar-refractivity contribution >= 4 is 53.7 Å². The molecule has 0 spiro atoms. The Balaban J connectivity index is 1.01. The first-order chi connectivity index (χ1) is 55.7. The highest BCUT2D eigenvalue weighted by atomic mass is 16.8. The van der Waals surface area contributed by atoms with E-state index in [9.17, 15) is 24.0 Å². The fourth-order valence-corrected chi connectivity index (χ4v) is 12.9. The van der Waals surface area contributed by atoms with E-state index in [1.54, 1.807) is 194 Å². The number of rotatable bonds is 29. The Labute approximate surface area is 654 Å². The van der Waals surface area contributed by atoms with Crippen LogP contribution < -0.4 is 0 Å². The first-order valence-corrected chi connectivity index (χ1v) is 36.4. The van der Waals surface area contributed by atoms with E-state index in [1.165, 1.54) is 116 Å². The van der Waals surface area contributed by atoms with Crippen LogP contribution in [0.15, 0.2) is 303 Å². The zero-order chi connectivity index (χ0) is 79.1. The molecule has 0 N–H and O–H groups in total. The Bertz CT molecular complexity index is 4830. The first kappa shape index (κ1) is 79.2. The van der Waals surface area contributed by atoms with Gasteiger partial charge in [-0.25, -0.2) is 43.2 Å². The molecule has 0 aliphatic carbocycles. The fourth-order valence-electron chi connectivity index (χ4n) is 12.9. The molecule has 15 atom stereocenters. The lowest BCUT2D eigenvalue weighted by Gasteiger charge is -2.51. The second kappa shape index (κ2) is 38.9. The maximum Gasteiger partial charge on any atom is 0.338 e. The number of hydrogen-bond acceptors (Lipinski definition) is 25. The van der Waals surface area contributed by atoms with Crippen molar-refractivity contribution < 1.29 is 119 Å². The lowest BCUT2D eigenvalue weighted by Crippen LogP contribution is -2.69. The topological polar surface area (TPSA) is 301 Å². The maximum absolute atomic E-state index is 15.2. The zero-order valence-corrected chi connectivity index (χ0v) is 61.1. The van der Waals surface area contributed by atoms with E-state index >= 15 is 19.2 Å². The Morgan fingerprint density at radius 2 is 0.456 bits per heavy atom. The number of carbonyl (C=O) groups excluding carboxylic acids is 9. The minimum absolute atomic E-state index is 0.000820. The van der Waals surface area contributed by atoms with E-state index in [4.69, 9.17) is 75.8 Å². The zero-order valence-electron chi connectivity index (χ0n) is 61.1. The van der Waals surface area contributed by atoms with Gasteiger partial charge in [0.1, 0.15) is 56.4 Å². The molecule has 3 heterocycles. The monoisotopic (exact) mass is 1540 g/mol. The molecule has 0 unspecified atom stereocenters. The summed E-state index contributed by atoms with van der Waals surface area (Å²) < 4.78 is 106. The van der Waals surface area contributed by atoms with Crippen LogP contribution in [0.1, 0.15) is 98.8 Å². The van der Waals surface area contributed by atoms with Gasteiger partial charge in [0.2, 0.25) is 0 Å². The van der Waals surface area contributed by atoms with Crippen molar-refractivity contribution in [1.29, 1.82) is 0 Å². The largest absolute Gasteiger partial charge is 0.459 e. The second-order valence-corrected chi connectivity index (χ2v) is 26.1. The van der Waals surface area contributed by atoms with Crippen LogP contribution in [0.3, 0.4) is 0 Å². The van der Waals surface area contributed by atoms with Gasteiger partial charge in [-0.2, -0.15) is 0 Å². The third kappa shape index (κ3) is 20.3. The molecule has 25 nitrogen and oxygen atoms in total. The number of esters is 9. The molecule has 0 amide bonds. The normalized spacial score (nSPS) is 23.0. The predicted octanol–water partition coefficient (Wildman–Crippen LogP) is 12.1. The molecule has 10 aromatic rings. The average molecular weight is 1550 g/mol. The van der Waals surface area contributed by atoms with Crippen molar-refractivity contribution in [2.24, 2.45) is 0 Å². The summed E-state index contributed by atoms with van der Waals surface area (Å²) in [4.78, 5) is 133. The van der Waals surface area contributed by atoms with E-state index in [-0.39, 0.29) is 56.7 Å². The molecule has 0 aromatic heterocycles. The minimum atomic E-state index is -2.20. The fraction of sp³-hybridized carbons (Fsp3) is 0.225. The van der Waals surface area contributed by atoms with Crippen molar-refractivity contribution in [3.63, 3.8) is 0 Å². The van der Waals surface area contributed by atoms with E-state index < -0.39 is 166 Å². The molecule has 10 aromatic carbocycles. The van der Waals surface area contributed by atoms with Crippen LogP contribution in [0.4, 0.5) is 0 Å². The molecule has 3 saturated heterocycles. The third-order valence-electron chi connectivity index (χ3n) is 18.6. The quantitative estimate of drug-likeness (QED) is 0.0311. The summed E-state index contributed by atoms with van der Waals surface area (Å²) >= 11 is 0. The Kier molecular flexibility index (Phi) is 27.0. The molecule has 3 fully saturated rings. The highest BCUT2D eigenvalue weighted by molar-refractivity contribution is 5.94. The highest BCUT2D eigenvalue weighted by Crippen LogP contribution is 2.40. The lowest BCUT2D eigenvalue weighted by atomic mass is 9.94. The first-order valence-electron chi connectivity index (χ1n) is 36.4. The van der Waals surface area contributed by atoms with Crippen LogP contribution in [-0.2, 0) is 82.4 Å². The van der Waals surface area contributed by atoms with E-state index in [0.717, 1.165) is 0 Å². The number of carbonyl (C=O) groups is 9. The van der Waals surface area contributed by atoms with E-state index in [2.05, 4.69) is 0 Å². The summed E-state index contributed by atoms with van der Waals surface area (Å²) in [6.45, 7) is -2.72. The number of methoxy groups -OCH3 is 1. The number of ether oxygens (including phenoxy) is 16. The van der Waals surface area contributed by atoms with Gasteiger partial charge in [-0.3, -0.25) is 0 Å². The SMILES string of the molecule is CO[C@H]1O[C@H](COC(=O)c2ccccc2)[C@@H](O[C@@H]2O[C@H](COC(=O)c3ccccc3)[C@@H](OC(=O)c3ccccc3)[C@H](OC(=O)c3ccccc3)[C@H]2OC(=O)c2ccccc2)[C@H](O[C@@H]2O[C@H](COC(=O)c3ccccc3)[C@@H](OC(=O)c3ccccc3)[C@H](OC(=O)c3ccccc3)[C@H]2OC(=O)c2ccccc2)[C@H]1OCc1ccccc1. The van der Waals surface area contributed by atoms with E-state index in [1.807, 2.05) is 0 Å². The summed E-state index contributed by atoms with van der Waals surface area (Å²) in [5.74, 6) is -8.96. The average Bonchev–Trinajstić information content (AvgIpc) is 0.756. The van der Waals surface area contributed by atoms with Crippen molar-refractivity contribution in [2.45, 2.75) is 98.7 Å². The van der Waals surface area contributed by atoms with Crippen molar-refractivity contribution in [3.8, 4) is 0 Å². The molecule has 0 radical (unpaired) electrons. The van der Waals surface area contributed by atoms with Gasteiger partial charge in [-0.1, -0.05) is 194 Å². The van der Waals surface area contributed by atoms with Crippen LogP contribution >= 0.6 is 0 Å². The molecule has 582 valence electrons. The molecule has 3 aliphatic rings. The summed E-state index contributed by atoms with van der Waals surface area (Å²) in [5.41, 5.74) is 0.613. The lowest BCUT2D eigenvalue weighted by molar-refractivity contribution is -0.387.